The fourth-order valence-corrected chi connectivity index (χ4v) is 1.73. The molecule has 2 aromatic rings. The number of carboxylic acid groups (broad SMARTS) is 1. The third-order valence-electron chi connectivity index (χ3n) is 2.94. The summed E-state index contributed by atoms with van der Waals surface area (Å²) >= 11 is 0. The van der Waals surface area contributed by atoms with Gasteiger partial charge in [0.25, 0.3) is 0 Å². The summed E-state index contributed by atoms with van der Waals surface area (Å²) in [5.74, 6) is -1.35. The number of carbonyl (C=O) groups excluding carboxylic acids is 1. The number of hydrogen-bond acceptors (Lipinski definition) is 5. The number of nitrogens with zero attached hydrogens (tertiary/aromatic N) is 3. The number of aryl methyl sites for hydroxylation is 2. The number of carboxylic acids is 1. The van der Waals surface area contributed by atoms with E-state index in [4.69, 9.17) is 5.11 Å². The van der Waals surface area contributed by atoms with Crippen molar-refractivity contribution >= 4 is 17.8 Å². The molecule has 2 rings (SSSR count). The third kappa shape index (κ3) is 3.59. The first-order chi connectivity index (χ1) is 9.97. The number of amides is 1. The molecule has 108 valence electrons. The molecular weight excluding hydrogens is 272 g/mol. The van der Waals surface area contributed by atoms with Crippen LogP contribution >= 0.6 is 0 Å². The van der Waals surface area contributed by atoms with Crippen LogP contribution in [0.25, 0.3) is 0 Å². The lowest BCUT2D eigenvalue weighted by Crippen LogP contribution is -2.19. The second-order valence-corrected chi connectivity index (χ2v) is 4.49. The van der Waals surface area contributed by atoms with E-state index < -0.39 is 11.9 Å². The maximum Gasteiger partial charge on any atom is 0.335 e. The lowest BCUT2D eigenvalue weighted by atomic mass is 10.0. The number of benzene rings is 1. The van der Waals surface area contributed by atoms with Gasteiger partial charge in [0.2, 0.25) is 11.9 Å². The first-order valence-electron chi connectivity index (χ1n) is 6.26. The van der Waals surface area contributed by atoms with Crippen LogP contribution in [0.2, 0.25) is 0 Å². The van der Waals surface area contributed by atoms with E-state index in [0.29, 0.717) is 17.0 Å². The zero-order valence-electron chi connectivity index (χ0n) is 11.6. The average Bonchev–Trinajstić information content (AvgIpc) is 2.43. The first kappa shape index (κ1) is 14.6. The average molecular weight is 286 g/mol. The minimum atomic E-state index is -1.07. The van der Waals surface area contributed by atoms with E-state index in [1.807, 2.05) is 0 Å². The minimum absolute atomic E-state index is 0.0707. The van der Waals surface area contributed by atoms with E-state index in [9.17, 15) is 9.59 Å². The van der Waals surface area contributed by atoms with E-state index in [0.717, 1.165) is 0 Å². The Balaban J connectivity index is 2.12. The molecule has 21 heavy (non-hydrogen) atoms. The van der Waals surface area contributed by atoms with Gasteiger partial charge in [-0.15, -0.1) is 5.10 Å². The van der Waals surface area contributed by atoms with Crippen molar-refractivity contribution in [3.05, 3.63) is 46.8 Å². The van der Waals surface area contributed by atoms with Crippen molar-refractivity contribution in [1.29, 1.82) is 0 Å². The fourth-order valence-electron chi connectivity index (χ4n) is 1.73. The van der Waals surface area contributed by atoms with Crippen molar-refractivity contribution in [2.45, 2.75) is 20.3 Å². The monoisotopic (exact) mass is 286 g/mol. The molecule has 1 amide bonds. The quantitative estimate of drug-likeness (QED) is 0.879. The Morgan fingerprint density at radius 3 is 2.52 bits per heavy atom. The van der Waals surface area contributed by atoms with Crippen molar-refractivity contribution < 1.29 is 14.7 Å². The van der Waals surface area contributed by atoms with Crippen LogP contribution in [0.3, 0.4) is 0 Å². The van der Waals surface area contributed by atoms with Crippen molar-refractivity contribution in [3.63, 3.8) is 0 Å². The largest absolute Gasteiger partial charge is 0.478 e. The van der Waals surface area contributed by atoms with Gasteiger partial charge in [-0.05, 0) is 25.5 Å². The Labute approximate surface area is 121 Å². The molecule has 7 heteroatoms. The molecule has 0 aliphatic carbocycles. The maximum atomic E-state index is 11.9. The summed E-state index contributed by atoms with van der Waals surface area (Å²) < 4.78 is 0. The molecule has 2 N–H and O–H groups in total. The van der Waals surface area contributed by atoms with Gasteiger partial charge < -0.3 is 5.11 Å². The SMILES string of the molecule is Cc1nnc(NC(=O)Cc2ccccc2C(=O)O)nc1C. The van der Waals surface area contributed by atoms with Gasteiger partial charge in [0, 0.05) is 0 Å². The van der Waals surface area contributed by atoms with Gasteiger partial charge >= 0.3 is 5.97 Å². The van der Waals surface area contributed by atoms with Crippen LogP contribution in [-0.4, -0.2) is 32.2 Å². The third-order valence-corrected chi connectivity index (χ3v) is 2.94. The van der Waals surface area contributed by atoms with Crippen molar-refractivity contribution in [2.24, 2.45) is 0 Å². The number of hydrogen-bond donors (Lipinski definition) is 2. The van der Waals surface area contributed by atoms with Gasteiger partial charge in [-0.1, -0.05) is 18.2 Å². The van der Waals surface area contributed by atoms with Crippen molar-refractivity contribution in [3.8, 4) is 0 Å². The molecule has 0 saturated carbocycles. The lowest BCUT2D eigenvalue weighted by Gasteiger charge is -2.07. The molecule has 0 atom stereocenters. The Bertz CT molecular complexity index is 700. The number of carbonyl (C=O) groups is 2. The highest BCUT2D eigenvalue weighted by Gasteiger charge is 2.13. The van der Waals surface area contributed by atoms with Gasteiger partial charge in [0.05, 0.1) is 23.4 Å². The van der Waals surface area contributed by atoms with E-state index >= 15 is 0 Å². The summed E-state index contributed by atoms with van der Waals surface area (Å²) in [5, 5.41) is 19.2. The highest BCUT2D eigenvalue weighted by atomic mass is 16.4. The molecule has 7 nitrogen and oxygen atoms in total. The Kier molecular flexibility index (Phi) is 4.22. The van der Waals surface area contributed by atoms with Crippen LogP contribution < -0.4 is 5.32 Å². The Morgan fingerprint density at radius 2 is 1.86 bits per heavy atom. The number of anilines is 1. The fraction of sp³-hybridized carbons (Fsp3) is 0.214. The second-order valence-electron chi connectivity index (χ2n) is 4.49. The topological polar surface area (TPSA) is 105 Å². The molecule has 0 aliphatic heterocycles. The molecule has 0 saturated heterocycles. The smallest absolute Gasteiger partial charge is 0.335 e. The van der Waals surface area contributed by atoms with Crippen molar-refractivity contribution in [1.82, 2.24) is 15.2 Å². The van der Waals surface area contributed by atoms with Gasteiger partial charge in [0.15, 0.2) is 0 Å². The summed E-state index contributed by atoms with van der Waals surface area (Å²) in [7, 11) is 0. The minimum Gasteiger partial charge on any atom is -0.478 e. The maximum absolute atomic E-state index is 11.9. The van der Waals surface area contributed by atoms with Crippen LogP contribution in [0.5, 0.6) is 0 Å². The Hall–Kier alpha value is -2.83. The molecule has 1 heterocycles. The summed E-state index contributed by atoms with van der Waals surface area (Å²) in [5.41, 5.74) is 1.89. The van der Waals surface area contributed by atoms with Crippen LogP contribution in [0.1, 0.15) is 27.3 Å². The van der Waals surface area contributed by atoms with Crippen LogP contribution in [0, 0.1) is 13.8 Å². The normalized spacial score (nSPS) is 10.2. The van der Waals surface area contributed by atoms with Gasteiger partial charge in [-0.25, -0.2) is 9.78 Å². The summed E-state index contributed by atoms with van der Waals surface area (Å²) in [6, 6.07) is 6.35. The van der Waals surface area contributed by atoms with Gasteiger partial charge in [-0.3, -0.25) is 10.1 Å². The highest BCUT2D eigenvalue weighted by molar-refractivity contribution is 5.95. The standard InChI is InChI=1S/C14H14N4O3/c1-8-9(2)17-18-14(15-8)16-12(19)7-10-5-3-4-6-11(10)13(20)21/h3-6H,7H2,1-2H3,(H,20,21)(H,15,16,18,19). The predicted molar refractivity (Wildman–Crippen MR) is 75.0 cm³/mol. The number of aromatic nitrogens is 3. The van der Waals surface area contributed by atoms with Crippen LogP contribution in [-0.2, 0) is 11.2 Å². The molecule has 0 aliphatic rings. The zero-order chi connectivity index (χ0) is 15.4. The predicted octanol–water partition coefficient (Wildman–Crippen LogP) is 1.37. The molecule has 0 spiro atoms. The second kappa shape index (κ2) is 6.08. The van der Waals surface area contributed by atoms with Gasteiger partial charge in [-0.2, -0.15) is 5.10 Å². The summed E-state index contributed by atoms with van der Waals surface area (Å²) in [4.78, 5) is 27.1. The number of rotatable bonds is 4. The summed E-state index contributed by atoms with van der Waals surface area (Å²) in [6.45, 7) is 3.53. The molecule has 0 radical (unpaired) electrons. The van der Waals surface area contributed by atoms with E-state index in [1.165, 1.54) is 6.07 Å². The van der Waals surface area contributed by atoms with Crippen LogP contribution in [0.4, 0.5) is 5.95 Å². The molecular formula is C14H14N4O3. The summed E-state index contributed by atoms with van der Waals surface area (Å²) in [6.07, 6.45) is -0.0707. The molecule has 1 aromatic heterocycles. The number of aromatic carboxylic acids is 1. The van der Waals surface area contributed by atoms with Crippen LogP contribution in [0.15, 0.2) is 24.3 Å². The molecule has 0 unspecified atom stereocenters. The highest BCUT2D eigenvalue weighted by Crippen LogP contribution is 2.10. The van der Waals surface area contributed by atoms with E-state index in [2.05, 4.69) is 20.5 Å². The van der Waals surface area contributed by atoms with E-state index in [1.54, 1.807) is 32.0 Å². The molecule has 1 aromatic carbocycles. The van der Waals surface area contributed by atoms with E-state index in [-0.39, 0.29) is 17.9 Å². The lowest BCUT2D eigenvalue weighted by molar-refractivity contribution is -0.115. The molecule has 0 bridgehead atoms. The van der Waals surface area contributed by atoms with Gasteiger partial charge in [0.1, 0.15) is 0 Å². The molecule has 0 fully saturated rings. The number of nitrogens with one attached hydrogen (secondary N) is 1. The zero-order valence-corrected chi connectivity index (χ0v) is 11.6. The van der Waals surface area contributed by atoms with Crippen molar-refractivity contribution in [2.75, 3.05) is 5.32 Å². The first-order valence-corrected chi connectivity index (χ1v) is 6.26. The Morgan fingerprint density at radius 1 is 1.14 bits per heavy atom.